The van der Waals surface area contributed by atoms with Gasteiger partial charge < -0.3 is 19.5 Å². The topological polar surface area (TPSA) is 72.3 Å². The third-order valence-corrected chi connectivity index (χ3v) is 5.51. The van der Waals surface area contributed by atoms with Crippen LogP contribution >= 0.6 is 23.4 Å². The summed E-state index contributed by atoms with van der Waals surface area (Å²) in [5.74, 6) is 1.56. The standard InChI is InChI=1S/C21H24ClN5O2S/c1-4-27-19(13-29-18-11-5-15(22)6-12-18)24-25-21(27)30-14-20(28)23-16-7-9-17(10-8-16)26(2)3/h5-12H,4,13-14H2,1-3H3,(H,23,28). The lowest BCUT2D eigenvalue weighted by Crippen LogP contribution is -2.15. The number of nitrogens with one attached hydrogen (secondary N) is 1. The van der Waals surface area contributed by atoms with Crippen LogP contribution in [-0.2, 0) is 17.9 Å². The summed E-state index contributed by atoms with van der Waals surface area (Å²) in [5.41, 5.74) is 1.84. The molecule has 1 N–H and O–H groups in total. The van der Waals surface area contributed by atoms with Crippen molar-refractivity contribution in [2.75, 3.05) is 30.1 Å². The molecule has 1 amide bonds. The largest absolute Gasteiger partial charge is 0.486 e. The molecule has 0 unspecified atom stereocenters. The van der Waals surface area contributed by atoms with Crippen molar-refractivity contribution in [3.63, 3.8) is 0 Å². The molecule has 7 nitrogen and oxygen atoms in total. The first-order chi connectivity index (χ1) is 14.5. The summed E-state index contributed by atoms with van der Waals surface area (Å²) >= 11 is 7.24. The zero-order chi connectivity index (χ0) is 21.5. The van der Waals surface area contributed by atoms with E-state index in [1.54, 1.807) is 24.3 Å². The second kappa shape index (κ2) is 10.4. The number of aromatic nitrogens is 3. The van der Waals surface area contributed by atoms with E-state index in [9.17, 15) is 4.79 Å². The Bertz CT molecular complexity index is 974. The first-order valence-electron chi connectivity index (χ1n) is 9.46. The highest BCUT2D eigenvalue weighted by Crippen LogP contribution is 2.21. The van der Waals surface area contributed by atoms with Gasteiger partial charge >= 0.3 is 0 Å². The molecule has 0 spiro atoms. The molecule has 1 aromatic heterocycles. The average molecular weight is 446 g/mol. The summed E-state index contributed by atoms with van der Waals surface area (Å²) < 4.78 is 7.70. The van der Waals surface area contributed by atoms with Crippen LogP contribution < -0.4 is 15.0 Å². The van der Waals surface area contributed by atoms with Crippen LogP contribution in [0.4, 0.5) is 11.4 Å². The Kier molecular flexibility index (Phi) is 7.59. The number of hydrogen-bond acceptors (Lipinski definition) is 6. The molecule has 3 aromatic rings. The van der Waals surface area contributed by atoms with Crippen molar-refractivity contribution in [3.8, 4) is 5.75 Å². The number of anilines is 2. The van der Waals surface area contributed by atoms with Gasteiger partial charge in [0.05, 0.1) is 5.75 Å². The van der Waals surface area contributed by atoms with Crippen LogP contribution in [0.2, 0.25) is 5.02 Å². The van der Waals surface area contributed by atoms with Gasteiger partial charge in [0.25, 0.3) is 0 Å². The number of carbonyl (C=O) groups excluding carboxylic acids is 1. The summed E-state index contributed by atoms with van der Waals surface area (Å²) in [6.45, 7) is 2.97. The van der Waals surface area contributed by atoms with Crippen LogP contribution in [0.5, 0.6) is 5.75 Å². The van der Waals surface area contributed by atoms with Gasteiger partial charge in [0.15, 0.2) is 11.0 Å². The predicted molar refractivity (Wildman–Crippen MR) is 122 cm³/mol. The van der Waals surface area contributed by atoms with Crippen molar-refractivity contribution in [3.05, 3.63) is 59.4 Å². The van der Waals surface area contributed by atoms with Crippen molar-refractivity contribution in [1.29, 1.82) is 0 Å². The van der Waals surface area contributed by atoms with Crippen LogP contribution in [0.25, 0.3) is 0 Å². The van der Waals surface area contributed by atoms with E-state index in [-0.39, 0.29) is 18.3 Å². The van der Waals surface area contributed by atoms with E-state index in [0.717, 1.165) is 11.4 Å². The number of thioether (sulfide) groups is 1. The molecule has 0 radical (unpaired) electrons. The van der Waals surface area contributed by atoms with E-state index in [0.29, 0.717) is 28.3 Å². The molecule has 2 aromatic carbocycles. The molecule has 0 fully saturated rings. The van der Waals surface area contributed by atoms with E-state index in [4.69, 9.17) is 16.3 Å². The van der Waals surface area contributed by atoms with Crippen molar-refractivity contribution >= 4 is 40.6 Å². The Labute approximate surface area is 185 Å². The first kappa shape index (κ1) is 22.0. The van der Waals surface area contributed by atoms with Gasteiger partial charge in [-0.05, 0) is 55.5 Å². The maximum Gasteiger partial charge on any atom is 0.234 e. The highest BCUT2D eigenvalue weighted by Gasteiger charge is 2.14. The van der Waals surface area contributed by atoms with E-state index in [1.807, 2.05) is 54.8 Å². The smallest absolute Gasteiger partial charge is 0.234 e. The number of hydrogen-bond donors (Lipinski definition) is 1. The lowest BCUT2D eigenvalue weighted by molar-refractivity contribution is -0.113. The fourth-order valence-corrected chi connectivity index (χ4v) is 3.65. The van der Waals surface area contributed by atoms with Crippen LogP contribution in [-0.4, -0.2) is 40.5 Å². The van der Waals surface area contributed by atoms with Gasteiger partial charge in [-0.15, -0.1) is 10.2 Å². The summed E-state index contributed by atoms with van der Waals surface area (Å²) in [7, 11) is 3.95. The average Bonchev–Trinajstić information content (AvgIpc) is 3.14. The molecule has 0 aliphatic heterocycles. The van der Waals surface area contributed by atoms with Crippen LogP contribution in [0.15, 0.2) is 53.7 Å². The molecular formula is C21H24ClN5O2S. The fourth-order valence-electron chi connectivity index (χ4n) is 2.70. The molecule has 158 valence electrons. The summed E-state index contributed by atoms with van der Waals surface area (Å²) in [4.78, 5) is 14.3. The lowest BCUT2D eigenvalue weighted by Gasteiger charge is -2.13. The molecule has 1 heterocycles. The molecule has 30 heavy (non-hydrogen) atoms. The minimum atomic E-state index is -0.0952. The zero-order valence-electron chi connectivity index (χ0n) is 17.1. The van der Waals surface area contributed by atoms with E-state index < -0.39 is 0 Å². The second-order valence-corrected chi connectivity index (χ2v) is 8.04. The predicted octanol–water partition coefficient (Wildman–Crippen LogP) is 4.33. The van der Waals surface area contributed by atoms with E-state index >= 15 is 0 Å². The Hall–Kier alpha value is -2.71. The number of rotatable bonds is 9. The maximum absolute atomic E-state index is 12.3. The SMILES string of the molecule is CCn1c(COc2ccc(Cl)cc2)nnc1SCC(=O)Nc1ccc(N(C)C)cc1. The normalized spacial score (nSPS) is 10.7. The minimum absolute atomic E-state index is 0.0952. The maximum atomic E-state index is 12.3. The van der Waals surface area contributed by atoms with Gasteiger partial charge in [-0.2, -0.15) is 0 Å². The molecule has 0 atom stereocenters. The highest BCUT2D eigenvalue weighted by atomic mass is 35.5. The Morgan fingerprint density at radius 1 is 1.13 bits per heavy atom. The summed E-state index contributed by atoms with van der Waals surface area (Å²) in [6, 6.07) is 14.9. The number of ether oxygens (including phenoxy) is 1. The van der Waals surface area contributed by atoms with E-state index in [1.165, 1.54) is 11.8 Å². The van der Waals surface area contributed by atoms with Crippen molar-refractivity contribution in [2.24, 2.45) is 0 Å². The quantitative estimate of drug-likeness (QED) is 0.494. The molecule has 0 saturated carbocycles. The van der Waals surface area contributed by atoms with Crippen LogP contribution in [0.1, 0.15) is 12.7 Å². The number of amides is 1. The van der Waals surface area contributed by atoms with Gasteiger partial charge in [-0.25, -0.2) is 0 Å². The fraction of sp³-hybridized carbons (Fsp3) is 0.286. The molecular weight excluding hydrogens is 422 g/mol. The van der Waals surface area contributed by atoms with Gasteiger partial charge in [-0.1, -0.05) is 23.4 Å². The highest BCUT2D eigenvalue weighted by molar-refractivity contribution is 7.99. The van der Waals surface area contributed by atoms with Gasteiger partial charge in [0.2, 0.25) is 5.91 Å². The minimum Gasteiger partial charge on any atom is -0.486 e. The number of nitrogens with zero attached hydrogens (tertiary/aromatic N) is 4. The monoisotopic (exact) mass is 445 g/mol. The molecule has 9 heteroatoms. The molecule has 0 saturated heterocycles. The zero-order valence-corrected chi connectivity index (χ0v) is 18.7. The lowest BCUT2D eigenvalue weighted by atomic mass is 10.2. The number of halogens is 1. The van der Waals surface area contributed by atoms with Gasteiger partial charge in [-0.3, -0.25) is 4.79 Å². The van der Waals surface area contributed by atoms with Crippen LogP contribution in [0.3, 0.4) is 0 Å². The Morgan fingerprint density at radius 2 is 1.83 bits per heavy atom. The molecule has 0 bridgehead atoms. The first-order valence-corrected chi connectivity index (χ1v) is 10.8. The Balaban J connectivity index is 1.54. The van der Waals surface area contributed by atoms with Crippen molar-refractivity contribution in [1.82, 2.24) is 14.8 Å². The second-order valence-electron chi connectivity index (χ2n) is 6.66. The number of carbonyl (C=O) groups is 1. The van der Waals surface area contributed by atoms with Gasteiger partial charge in [0.1, 0.15) is 12.4 Å². The summed E-state index contributed by atoms with van der Waals surface area (Å²) in [6.07, 6.45) is 0. The Morgan fingerprint density at radius 3 is 2.47 bits per heavy atom. The van der Waals surface area contributed by atoms with Crippen molar-refractivity contribution < 1.29 is 9.53 Å². The van der Waals surface area contributed by atoms with Crippen LogP contribution in [0, 0.1) is 0 Å². The van der Waals surface area contributed by atoms with Crippen molar-refractivity contribution in [2.45, 2.75) is 25.2 Å². The van der Waals surface area contributed by atoms with Gasteiger partial charge in [0, 0.05) is 37.0 Å². The van der Waals surface area contributed by atoms with E-state index in [2.05, 4.69) is 15.5 Å². The summed E-state index contributed by atoms with van der Waals surface area (Å²) in [5, 5.41) is 12.7. The third kappa shape index (κ3) is 5.90. The molecule has 3 rings (SSSR count). The molecule has 0 aliphatic rings. The third-order valence-electron chi connectivity index (χ3n) is 4.29. The number of benzene rings is 2. The molecule has 0 aliphatic carbocycles.